The second-order valence-electron chi connectivity index (χ2n) is 20.9. The minimum atomic E-state index is -0.814. The van der Waals surface area contributed by atoms with Crippen LogP contribution in [0.2, 0.25) is 0 Å². The summed E-state index contributed by atoms with van der Waals surface area (Å²) in [5.41, 5.74) is 0. The summed E-state index contributed by atoms with van der Waals surface area (Å²) in [4.78, 5) is 38.3. The highest BCUT2D eigenvalue weighted by atomic mass is 16.6. The lowest BCUT2D eigenvalue weighted by Crippen LogP contribution is -2.30. The van der Waals surface area contributed by atoms with E-state index in [1.807, 2.05) is 0 Å². The molecule has 0 rings (SSSR count). The van der Waals surface area contributed by atoms with Crippen molar-refractivity contribution in [3.8, 4) is 0 Å². The molecule has 0 bridgehead atoms. The number of esters is 3. The fraction of sp³-hybridized carbons (Fsp3) is 0.608. The SMILES string of the molecule is CC/C=C\C/C=C\C/C=C\C/C=C\C/C=C\C/C=C\C/C=C\C/C=C\CCCCCCC(=O)OCC(COC(=O)CCCCCCCCCCCCCCCC)OC(=O)CCCCC/C=C\C/C=C\C/C=C\C/C=C\C/C=C\CC. The average Bonchev–Trinajstić information content (AvgIpc) is 3.46. The third kappa shape index (κ3) is 63.9. The molecule has 1 atom stereocenters. The number of ether oxygens (including phenoxy) is 3. The topological polar surface area (TPSA) is 78.9 Å². The normalized spacial score (nSPS) is 13.2. The van der Waals surface area contributed by atoms with Crippen molar-refractivity contribution < 1.29 is 28.6 Å². The number of rotatable bonds is 57. The maximum atomic E-state index is 12.9. The number of hydrogen-bond acceptors (Lipinski definition) is 6. The van der Waals surface area contributed by atoms with Gasteiger partial charge in [-0.2, -0.15) is 0 Å². The number of unbranched alkanes of at least 4 members (excludes halogenated alkanes) is 20. The quantitative estimate of drug-likeness (QED) is 0.0261. The molecule has 450 valence electrons. The average molecular weight is 1100 g/mol. The smallest absolute Gasteiger partial charge is 0.306 e. The molecule has 0 amide bonds. The highest BCUT2D eigenvalue weighted by molar-refractivity contribution is 5.71. The van der Waals surface area contributed by atoms with Crippen molar-refractivity contribution in [2.45, 2.75) is 277 Å². The molecule has 0 heterocycles. The van der Waals surface area contributed by atoms with Crippen molar-refractivity contribution in [2.75, 3.05) is 13.2 Å². The van der Waals surface area contributed by atoms with E-state index in [2.05, 4.69) is 179 Å². The van der Waals surface area contributed by atoms with Crippen LogP contribution in [0.1, 0.15) is 271 Å². The van der Waals surface area contributed by atoms with Crippen molar-refractivity contribution >= 4 is 17.9 Å². The Bertz CT molecular complexity index is 1790. The van der Waals surface area contributed by atoms with Gasteiger partial charge in [0.2, 0.25) is 0 Å². The van der Waals surface area contributed by atoms with Crippen molar-refractivity contribution in [1.82, 2.24) is 0 Å². The van der Waals surface area contributed by atoms with Gasteiger partial charge < -0.3 is 14.2 Å². The van der Waals surface area contributed by atoms with Gasteiger partial charge in [-0.15, -0.1) is 0 Å². The Morgan fingerprint density at radius 3 is 0.775 bits per heavy atom. The van der Waals surface area contributed by atoms with Gasteiger partial charge in [-0.05, 0) is 128 Å². The van der Waals surface area contributed by atoms with E-state index < -0.39 is 6.10 Å². The summed E-state index contributed by atoms with van der Waals surface area (Å²) in [5, 5.41) is 0. The van der Waals surface area contributed by atoms with Gasteiger partial charge in [0.15, 0.2) is 6.10 Å². The van der Waals surface area contributed by atoms with Gasteiger partial charge in [0.1, 0.15) is 13.2 Å². The van der Waals surface area contributed by atoms with Crippen molar-refractivity contribution in [2.24, 2.45) is 0 Å². The minimum absolute atomic E-state index is 0.104. The standard InChI is InChI=1S/C74H118O6/c1-4-7-10-13-16-19-22-25-28-30-32-33-34-35-36-37-38-39-40-41-43-44-46-49-52-55-58-61-64-67-73(76)79-70-71(69-78-72(75)66-63-60-57-54-51-48-27-24-21-18-15-12-9-6-3)80-74(77)68-65-62-59-56-53-50-47-45-42-31-29-26-23-20-17-14-11-8-5-2/h7-8,10-11,16-17,19-20,25-26,28-29,32-33,35-36,38-39,41-43,45-46,49-50,53,71H,4-6,9,12-15,18,21-24,27,30-31,34,37,40,44,47-48,51-52,54-70H2,1-3H3/b10-7-,11-8-,19-16-,20-17-,28-25-,29-26-,33-32-,36-35-,39-38-,43-41-,45-42-,49-46-,53-50-. The lowest BCUT2D eigenvalue weighted by molar-refractivity contribution is -0.167. The molecule has 0 saturated heterocycles. The molecule has 6 nitrogen and oxygen atoms in total. The van der Waals surface area contributed by atoms with Crippen LogP contribution in [-0.2, 0) is 28.6 Å². The molecule has 0 N–H and O–H groups in total. The Labute approximate surface area is 492 Å². The van der Waals surface area contributed by atoms with Gasteiger partial charge in [0, 0.05) is 19.3 Å². The molecule has 0 fully saturated rings. The van der Waals surface area contributed by atoms with E-state index in [1.165, 1.54) is 70.6 Å². The van der Waals surface area contributed by atoms with Crippen LogP contribution >= 0.6 is 0 Å². The van der Waals surface area contributed by atoms with Crippen LogP contribution in [0, 0.1) is 0 Å². The van der Waals surface area contributed by atoms with Gasteiger partial charge in [-0.25, -0.2) is 0 Å². The Balaban J connectivity index is 4.46. The highest BCUT2D eigenvalue weighted by Crippen LogP contribution is 2.15. The summed E-state index contributed by atoms with van der Waals surface area (Å²) < 4.78 is 16.9. The Morgan fingerprint density at radius 2 is 0.487 bits per heavy atom. The monoisotopic (exact) mass is 1100 g/mol. The summed E-state index contributed by atoms with van der Waals surface area (Å²) in [6.07, 6.45) is 96.7. The zero-order valence-corrected chi connectivity index (χ0v) is 51.5. The van der Waals surface area contributed by atoms with Crippen molar-refractivity contribution in [3.05, 3.63) is 158 Å². The number of allylic oxidation sites excluding steroid dienone is 26. The van der Waals surface area contributed by atoms with Gasteiger partial charge in [-0.3, -0.25) is 14.4 Å². The van der Waals surface area contributed by atoms with Crippen LogP contribution in [0.4, 0.5) is 0 Å². The Kier molecular flexibility index (Phi) is 62.4. The molecule has 0 spiro atoms. The number of hydrogen-bond donors (Lipinski definition) is 0. The van der Waals surface area contributed by atoms with Crippen molar-refractivity contribution in [3.63, 3.8) is 0 Å². The third-order valence-electron chi connectivity index (χ3n) is 13.3. The number of carbonyl (C=O) groups excluding carboxylic acids is 3. The third-order valence-corrected chi connectivity index (χ3v) is 13.3. The van der Waals surface area contributed by atoms with Crippen LogP contribution in [-0.4, -0.2) is 37.2 Å². The minimum Gasteiger partial charge on any atom is -0.462 e. The largest absolute Gasteiger partial charge is 0.462 e. The molecule has 0 aliphatic carbocycles. The lowest BCUT2D eigenvalue weighted by Gasteiger charge is -2.18. The van der Waals surface area contributed by atoms with Gasteiger partial charge in [-0.1, -0.05) is 281 Å². The van der Waals surface area contributed by atoms with E-state index in [9.17, 15) is 14.4 Å². The van der Waals surface area contributed by atoms with E-state index in [0.717, 1.165) is 154 Å². The Hall–Kier alpha value is -4.97. The first kappa shape index (κ1) is 75.0. The molecule has 80 heavy (non-hydrogen) atoms. The summed E-state index contributed by atoms with van der Waals surface area (Å²) >= 11 is 0. The summed E-state index contributed by atoms with van der Waals surface area (Å²) in [6, 6.07) is 0. The molecule has 0 aliphatic rings. The van der Waals surface area contributed by atoms with Gasteiger partial charge in [0.25, 0.3) is 0 Å². The first-order chi connectivity index (χ1) is 39.5. The van der Waals surface area contributed by atoms with Crippen LogP contribution in [0.15, 0.2) is 158 Å². The van der Waals surface area contributed by atoms with Crippen LogP contribution in [0.5, 0.6) is 0 Å². The van der Waals surface area contributed by atoms with Gasteiger partial charge in [0.05, 0.1) is 0 Å². The molecule has 0 aromatic rings. The summed E-state index contributed by atoms with van der Waals surface area (Å²) in [6.45, 7) is 6.37. The molecule has 6 heteroatoms. The molecular weight excluding hydrogens is 985 g/mol. The second kappa shape index (κ2) is 66.5. The molecule has 0 radical (unpaired) electrons. The van der Waals surface area contributed by atoms with Crippen LogP contribution < -0.4 is 0 Å². The maximum absolute atomic E-state index is 12.9. The van der Waals surface area contributed by atoms with Crippen molar-refractivity contribution in [1.29, 1.82) is 0 Å². The van der Waals surface area contributed by atoms with E-state index in [4.69, 9.17) is 14.2 Å². The Morgan fingerprint density at radius 1 is 0.263 bits per heavy atom. The molecular formula is C74H118O6. The van der Waals surface area contributed by atoms with Crippen LogP contribution in [0.25, 0.3) is 0 Å². The summed E-state index contributed by atoms with van der Waals surface area (Å²) in [5.74, 6) is -0.963. The molecule has 0 saturated carbocycles. The zero-order valence-electron chi connectivity index (χ0n) is 51.5. The predicted octanol–water partition coefficient (Wildman–Crippen LogP) is 22.5. The molecule has 0 aliphatic heterocycles. The van der Waals surface area contributed by atoms with E-state index in [1.54, 1.807) is 0 Å². The first-order valence-electron chi connectivity index (χ1n) is 32.5. The summed E-state index contributed by atoms with van der Waals surface area (Å²) in [7, 11) is 0. The predicted molar refractivity (Wildman–Crippen MR) is 348 cm³/mol. The van der Waals surface area contributed by atoms with E-state index in [0.29, 0.717) is 19.3 Å². The van der Waals surface area contributed by atoms with E-state index in [-0.39, 0.29) is 37.5 Å². The zero-order chi connectivity index (χ0) is 57.8. The fourth-order valence-electron chi connectivity index (χ4n) is 8.48. The fourth-order valence-corrected chi connectivity index (χ4v) is 8.48. The second-order valence-corrected chi connectivity index (χ2v) is 20.9. The molecule has 1 unspecified atom stereocenters. The molecule has 0 aromatic heterocycles. The maximum Gasteiger partial charge on any atom is 0.306 e. The lowest BCUT2D eigenvalue weighted by atomic mass is 10.0. The first-order valence-corrected chi connectivity index (χ1v) is 32.5. The highest BCUT2D eigenvalue weighted by Gasteiger charge is 2.19. The van der Waals surface area contributed by atoms with Crippen LogP contribution in [0.3, 0.4) is 0 Å². The van der Waals surface area contributed by atoms with E-state index >= 15 is 0 Å². The van der Waals surface area contributed by atoms with Gasteiger partial charge >= 0.3 is 17.9 Å². The molecule has 0 aromatic carbocycles. The number of carbonyl (C=O) groups is 3.